The van der Waals surface area contributed by atoms with Gasteiger partial charge in [-0.1, -0.05) is 0 Å². The zero-order valence-electron chi connectivity index (χ0n) is 14.7. The maximum absolute atomic E-state index is 12.0. The van der Waals surface area contributed by atoms with Crippen molar-refractivity contribution in [1.82, 2.24) is 0 Å². The molecule has 2 aromatic rings. The SMILES string of the molecule is Cc1ccc(C(=O)CCCCOc2ccc(C3=NC[C@@H](C)O3)cc2)s1. The molecule has 25 heavy (non-hydrogen) atoms. The van der Waals surface area contributed by atoms with Gasteiger partial charge >= 0.3 is 0 Å². The Kier molecular flexibility index (Phi) is 5.87. The zero-order valence-corrected chi connectivity index (χ0v) is 15.5. The van der Waals surface area contributed by atoms with Crippen LogP contribution in [0.2, 0.25) is 0 Å². The first kappa shape index (κ1) is 17.7. The maximum Gasteiger partial charge on any atom is 0.216 e. The lowest BCUT2D eigenvalue weighted by Crippen LogP contribution is -2.08. The van der Waals surface area contributed by atoms with Crippen LogP contribution in [-0.2, 0) is 4.74 Å². The average molecular weight is 357 g/mol. The van der Waals surface area contributed by atoms with Crippen molar-refractivity contribution in [2.45, 2.75) is 39.2 Å². The number of ketones is 1. The average Bonchev–Trinajstić information content (AvgIpc) is 3.23. The van der Waals surface area contributed by atoms with Crippen LogP contribution in [0, 0.1) is 6.92 Å². The number of carbonyl (C=O) groups excluding carboxylic acids is 1. The van der Waals surface area contributed by atoms with Gasteiger partial charge in [-0.05, 0) is 63.1 Å². The number of aliphatic imine (C=N–C) groups is 1. The Morgan fingerprint density at radius 1 is 1.24 bits per heavy atom. The Labute approximate surface area is 152 Å². The van der Waals surface area contributed by atoms with Gasteiger partial charge in [-0.3, -0.25) is 4.79 Å². The van der Waals surface area contributed by atoms with Crippen LogP contribution in [0.25, 0.3) is 0 Å². The fourth-order valence-electron chi connectivity index (χ4n) is 2.61. The summed E-state index contributed by atoms with van der Waals surface area (Å²) in [6, 6.07) is 11.7. The summed E-state index contributed by atoms with van der Waals surface area (Å²) in [5, 5.41) is 0. The molecule has 5 heteroatoms. The molecule has 0 bridgehead atoms. The number of nitrogens with zero attached hydrogens (tertiary/aromatic N) is 1. The lowest BCUT2D eigenvalue weighted by Gasteiger charge is -2.08. The molecule has 0 fully saturated rings. The molecule has 3 rings (SSSR count). The summed E-state index contributed by atoms with van der Waals surface area (Å²) in [5.41, 5.74) is 0.980. The van der Waals surface area contributed by atoms with Gasteiger partial charge in [-0.2, -0.15) is 0 Å². The van der Waals surface area contributed by atoms with E-state index in [0.29, 0.717) is 18.9 Å². The summed E-state index contributed by atoms with van der Waals surface area (Å²) in [6.07, 6.45) is 2.45. The minimum Gasteiger partial charge on any atom is -0.494 e. The van der Waals surface area contributed by atoms with Gasteiger partial charge in [-0.15, -0.1) is 11.3 Å². The van der Waals surface area contributed by atoms with Crippen LogP contribution >= 0.6 is 11.3 Å². The van der Waals surface area contributed by atoms with E-state index in [1.54, 1.807) is 11.3 Å². The van der Waals surface area contributed by atoms with Crippen LogP contribution in [0.5, 0.6) is 5.75 Å². The molecule has 0 aliphatic carbocycles. The van der Waals surface area contributed by atoms with E-state index in [0.717, 1.165) is 35.6 Å². The molecule has 0 saturated heterocycles. The summed E-state index contributed by atoms with van der Waals surface area (Å²) in [6.45, 7) is 5.37. The predicted octanol–water partition coefficient (Wildman–Crippen LogP) is 4.65. The number of rotatable bonds is 8. The third kappa shape index (κ3) is 4.92. The van der Waals surface area contributed by atoms with Crippen molar-refractivity contribution in [3.63, 3.8) is 0 Å². The summed E-state index contributed by atoms with van der Waals surface area (Å²) < 4.78 is 11.4. The summed E-state index contributed by atoms with van der Waals surface area (Å²) >= 11 is 1.57. The molecule has 2 heterocycles. The molecule has 4 nitrogen and oxygen atoms in total. The normalized spacial score (nSPS) is 16.4. The third-order valence-corrected chi connectivity index (χ3v) is 5.03. The standard InChI is InChI=1S/C20H23NO3S/c1-14-13-21-20(24-14)16-7-9-17(10-8-16)23-12-4-3-5-18(22)19-11-6-15(2)25-19/h6-11,14H,3-5,12-13H2,1-2H3/t14-/m1/s1. The van der Waals surface area contributed by atoms with Gasteiger partial charge in [0, 0.05) is 16.9 Å². The van der Waals surface area contributed by atoms with Gasteiger partial charge in [0.25, 0.3) is 0 Å². The van der Waals surface area contributed by atoms with E-state index in [1.165, 1.54) is 4.88 Å². The summed E-state index contributed by atoms with van der Waals surface area (Å²) in [5.74, 6) is 1.77. The fourth-order valence-corrected chi connectivity index (χ4v) is 3.45. The first-order valence-corrected chi connectivity index (χ1v) is 9.47. The summed E-state index contributed by atoms with van der Waals surface area (Å²) in [4.78, 5) is 18.4. The number of hydrogen-bond donors (Lipinski definition) is 0. The van der Waals surface area contributed by atoms with Crippen LogP contribution in [-0.4, -0.2) is 30.9 Å². The number of aryl methyl sites for hydroxylation is 1. The van der Waals surface area contributed by atoms with Crippen molar-refractivity contribution in [3.8, 4) is 5.75 Å². The van der Waals surface area contributed by atoms with Crippen LogP contribution in [0.15, 0.2) is 41.4 Å². The lowest BCUT2D eigenvalue weighted by atomic mass is 10.1. The van der Waals surface area contributed by atoms with Crippen molar-refractivity contribution in [2.24, 2.45) is 4.99 Å². The third-order valence-electron chi connectivity index (χ3n) is 3.99. The molecular formula is C20H23NO3S. The Bertz CT molecular complexity index is 749. The Balaban J connectivity index is 1.37. The fraction of sp³-hybridized carbons (Fsp3) is 0.400. The van der Waals surface area contributed by atoms with Gasteiger partial charge in [0.05, 0.1) is 18.0 Å². The van der Waals surface area contributed by atoms with E-state index in [-0.39, 0.29) is 11.9 Å². The molecule has 0 radical (unpaired) electrons. The second-order valence-electron chi connectivity index (χ2n) is 6.24. The highest BCUT2D eigenvalue weighted by Crippen LogP contribution is 2.19. The van der Waals surface area contributed by atoms with E-state index in [2.05, 4.69) is 4.99 Å². The molecule has 0 unspecified atom stereocenters. The molecule has 0 spiro atoms. The molecule has 1 atom stereocenters. The molecule has 0 N–H and O–H groups in total. The zero-order chi connectivity index (χ0) is 17.6. The van der Waals surface area contributed by atoms with E-state index in [1.807, 2.05) is 50.2 Å². The maximum atomic E-state index is 12.0. The Morgan fingerprint density at radius 2 is 2.04 bits per heavy atom. The quantitative estimate of drug-likeness (QED) is 0.510. The molecule has 1 aliphatic rings. The van der Waals surface area contributed by atoms with Crippen molar-refractivity contribution < 1.29 is 14.3 Å². The van der Waals surface area contributed by atoms with Crippen LogP contribution in [0.1, 0.15) is 46.3 Å². The smallest absolute Gasteiger partial charge is 0.216 e. The van der Waals surface area contributed by atoms with E-state index in [9.17, 15) is 4.79 Å². The largest absolute Gasteiger partial charge is 0.494 e. The molecule has 0 amide bonds. The Hall–Kier alpha value is -2.14. The highest BCUT2D eigenvalue weighted by molar-refractivity contribution is 7.14. The van der Waals surface area contributed by atoms with Crippen LogP contribution in [0.3, 0.4) is 0 Å². The number of ether oxygens (including phenoxy) is 2. The molecule has 132 valence electrons. The lowest BCUT2D eigenvalue weighted by molar-refractivity contribution is 0.0981. The van der Waals surface area contributed by atoms with Crippen molar-refractivity contribution >= 4 is 23.0 Å². The van der Waals surface area contributed by atoms with E-state index in [4.69, 9.17) is 9.47 Å². The Morgan fingerprint density at radius 3 is 2.68 bits per heavy atom. The first-order valence-electron chi connectivity index (χ1n) is 8.66. The van der Waals surface area contributed by atoms with Crippen LogP contribution < -0.4 is 4.74 Å². The van der Waals surface area contributed by atoms with Crippen molar-refractivity contribution in [3.05, 3.63) is 51.7 Å². The highest BCUT2D eigenvalue weighted by Gasteiger charge is 2.16. The van der Waals surface area contributed by atoms with Gasteiger partial charge < -0.3 is 9.47 Å². The number of hydrogen-bond acceptors (Lipinski definition) is 5. The minimum absolute atomic E-state index is 0.159. The van der Waals surface area contributed by atoms with Gasteiger partial charge in [0.1, 0.15) is 11.9 Å². The van der Waals surface area contributed by atoms with E-state index < -0.39 is 0 Å². The number of benzene rings is 1. The molecule has 0 saturated carbocycles. The molecular weight excluding hydrogens is 334 g/mol. The number of Topliss-reactive ketones (excluding diaryl/α,β-unsaturated/α-hetero) is 1. The first-order chi connectivity index (χ1) is 12.1. The van der Waals surface area contributed by atoms with E-state index >= 15 is 0 Å². The number of unbranched alkanes of at least 4 members (excludes halogenated alkanes) is 1. The van der Waals surface area contributed by atoms with Gasteiger partial charge in [-0.25, -0.2) is 4.99 Å². The number of thiophene rings is 1. The van der Waals surface area contributed by atoms with Gasteiger partial charge in [0.15, 0.2) is 5.78 Å². The highest BCUT2D eigenvalue weighted by atomic mass is 32.1. The molecule has 1 aliphatic heterocycles. The monoisotopic (exact) mass is 357 g/mol. The van der Waals surface area contributed by atoms with Crippen molar-refractivity contribution in [1.29, 1.82) is 0 Å². The second kappa shape index (κ2) is 8.30. The van der Waals surface area contributed by atoms with Gasteiger partial charge in [0.2, 0.25) is 5.90 Å². The topological polar surface area (TPSA) is 47.9 Å². The second-order valence-corrected chi connectivity index (χ2v) is 7.53. The van der Waals surface area contributed by atoms with Crippen LogP contribution in [0.4, 0.5) is 0 Å². The number of carbonyl (C=O) groups is 1. The predicted molar refractivity (Wildman–Crippen MR) is 101 cm³/mol. The molecule has 1 aromatic carbocycles. The summed E-state index contributed by atoms with van der Waals surface area (Å²) in [7, 11) is 0. The van der Waals surface area contributed by atoms with Crippen molar-refractivity contribution in [2.75, 3.05) is 13.2 Å². The minimum atomic E-state index is 0.159. The molecule has 1 aromatic heterocycles.